The summed E-state index contributed by atoms with van der Waals surface area (Å²) in [6.45, 7) is 13.9. The summed E-state index contributed by atoms with van der Waals surface area (Å²) in [6.07, 6.45) is -2.45. The highest BCUT2D eigenvalue weighted by Crippen LogP contribution is 2.45. The maximum absolute atomic E-state index is 13.2. The minimum Gasteiger partial charge on any atom is -0.406 e. The SMILES string of the molecule is CC.CC.CC.CCN(C1(C(=O)NCc2ccnc(-c3ccc(OC(F)(F)F)cc3)c2)CC1)S(=O)(=O)c1ccc(Cl)s1. The Bertz CT molecular complexity index is 1360. The third-order valence-electron chi connectivity index (χ3n) is 5.66. The lowest BCUT2D eigenvalue weighted by atomic mass is 10.1. The molecule has 0 spiro atoms. The number of hydrogen-bond donors (Lipinski definition) is 1. The average molecular weight is 650 g/mol. The topological polar surface area (TPSA) is 88.6 Å². The van der Waals surface area contributed by atoms with E-state index in [1.165, 1.54) is 46.9 Å². The number of nitrogens with one attached hydrogen (secondary N) is 1. The van der Waals surface area contributed by atoms with Gasteiger partial charge in [-0.15, -0.1) is 24.5 Å². The molecule has 0 aliphatic heterocycles. The van der Waals surface area contributed by atoms with Crippen molar-refractivity contribution < 1.29 is 31.1 Å². The molecule has 2 heterocycles. The Morgan fingerprint density at radius 2 is 1.64 bits per heavy atom. The van der Waals surface area contributed by atoms with Crippen molar-refractivity contribution in [3.05, 3.63) is 64.6 Å². The fourth-order valence-electron chi connectivity index (χ4n) is 3.87. The van der Waals surface area contributed by atoms with E-state index in [1.807, 2.05) is 41.5 Å². The van der Waals surface area contributed by atoms with Gasteiger partial charge in [0.05, 0.1) is 10.0 Å². The number of carbonyl (C=O) groups excluding carboxylic acids is 1. The molecule has 0 atom stereocenters. The molecule has 42 heavy (non-hydrogen) atoms. The molecular formula is C29H39ClF3N3O4S2. The maximum atomic E-state index is 13.2. The monoisotopic (exact) mass is 649 g/mol. The first-order valence-corrected chi connectivity index (χ1v) is 16.5. The van der Waals surface area contributed by atoms with Crippen LogP contribution in [-0.2, 0) is 21.4 Å². The summed E-state index contributed by atoms with van der Waals surface area (Å²) < 4.78 is 69.0. The zero-order valence-electron chi connectivity index (χ0n) is 24.9. The van der Waals surface area contributed by atoms with Crippen LogP contribution in [0.1, 0.15) is 66.9 Å². The molecule has 0 unspecified atom stereocenters. The predicted molar refractivity (Wildman–Crippen MR) is 163 cm³/mol. The van der Waals surface area contributed by atoms with E-state index in [4.69, 9.17) is 11.6 Å². The van der Waals surface area contributed by atoms with Crippen molar-refractivity contribution in [1.29, 1.82) is 0 Å². The highest BCUT2D eigenvalue weighted by molar-refractivity contribution is 7.91. The molecule has 1 amide bonds. The lowest BCUT2D eigenvalue weighted by Crippen LogP contribution is -2.51. The van der Waals surface area contributed by atoms with Gasteiger partial charge < -0.3 is 10.1 Å². The number of thiophene rings is 1. The normalized spacial score (nSPS) is 13.3. The smallest absolute Gasteiger partial charge is 0.406 e. The quantitative estimate of drug-likeness (QED) is 0.252. The first-order valence-electron chi connectivity index (χ1n) is 13.8. The van der Waals surface area contributed by atoms with Gasteiger partial charge >= 0.3 is 6.36 Å². The minimum atomic E-state index is -4.78. The van der Waals surface area contributed by atoms with Crippen LogP contribution in [0.5, 0.6) is 5.75 Å². The number of sulfonamides is 1. The van der Waals surface area contributed by atoms with Gasteiger partial charge in [0.15, 0.2) is 0 Å². The molecule has 0 bridgehead atoms. The van der Waals surface area contributed by atoms with Crippen LogP contribution in [0.4, 0.5) is 13.2 Å². The molecule has 0 saturated heterocycles. The number of alkyl halides is 3. The van der Waals surface area contributed by atoms with Crippen molar-refractivity contribution in [1.82, 2.24) is 14.6 Å². The maximum Gasteiger partial charge on any atom is 0.573 e. The molecule has 7 nitrogen and oxygen atoms in total. The molecule has 1 aliphatic carbocycles. The van der Waals surface area contributed by atoms with Gasteiger partial charge in [0.1, 0.15) is 15.5 Å². The number of benzene rings is 1. The molecule has 1 fully saturated rings. The summed E-state index contributed by atoms with van der Waals surface area (Å²) in [5.74, 6) is -0.743. The molecule has 1 aromatic carbocycles. The Kier molecular flexibility index (Phi) is 15.0. The van der Waals surface area contributed by atoms with Crippen LogP contribution >= 0.6 is 22.9 Å². The molecule has 0 radical (unpaired) electrons. The van der Waals surface area contributed by atoms with Crippen LogP contribution in [0.3, 0.4) is 0 Å². The van der Waals surface area contributed by atoms with E-state index >= 15 is 0 Å². The van der Waals surface area contributed by atoms with E-state index in [0.29, 0.717) is 34.0 Å². The Morgan fingerprint density at radius 1 is 1.05 bits per heavy atom. The van der Waals surface area contributed by atoms with Gasteiger partial charge in [0.2, 0.25) is 5.91 Å². The van der Waals surface area contributed by atoms with Gasteiger partial charge in [-0.3, -0.25) is 9.78 Å². The number of hydrogen-bond acceptors (Lipinski definition) is 6. The summed E-state index contributed by atoms with van der Waals surface area (Å²) in [7, 11) is -3.90. The van der Waals surface area contributed by atoms with Gasteiger partial charge in [-0.05, 0) is 66.9 Å². The van der Waals surface area contributed by atoms with Gasteiger partial charge in [0, 0.05) is 24.8 Å². The average Bonchev–Trinajstić information content (AvgIpc) is 3.66. The third-order valence-corrected chi connectivity index (χ3v) is 9.41. The second-order valence-electron chi connectivity index (χ2n) is 8.06. The van der Waals surface area contributed by atoms with E-state index in [9.17, 15) is 26.4 Å². The fourth-order valence-corrected chi connectivity index (χ4v) is 7.27. The van der Waals surface area contributed by atoms with Crippen LogP contribution in [-0.4, -0.2) is 42.1 Å². The summed E-state index contributed by atoms with van der Waals surface area (Å²) in [6, 6.07) is 11.6. The molecule has 1 saturated carbocycles. The molecule has 1 N–H and O–H groups in total. The van der Waals surface area contributed by atoms with Crippen molar-refractivity contribution >= 4 is 38.9 Å². The van der Waals surface area contributed by atoms with Crippen molar-refractivity contribution in [2.75, 3.05) is 6.54 Å². The number of pyridine rings is 1. The number of halogens is 4. The summed E-state index contributed by atoms with van der Waals surface area (Å²) in [5.41, 5.74) is 0.590. The van der Waals surface area contributed by atoms with Crippen LogP contribution in [0.2, 0.25) is 4.34 Å². The largest absolute Gasteiger partial charge is 0.573 e. The van der Waals surface area contributed by atoms with Gasteiger partial charge in [-0.25, -0.2) is 8.42 Å². The molecular weight excluding hydrogens is 611 g/mol. The van der Waals surface area contributed by atoms with Gasteiger partial charge in [-0.1, -0.05) is 60.1 Å². The van der Waals surface area contributed by atoms with Crippen molar-refractivity contribution in [3.8, 4) is 17.0 Å². The Morgan fingerprint density at radius 3 is 2.12 bits per heavy atom. The molecule has 234 valence electrons. The molecule has 4 rings (SSSR count). The van der Waals surface area contributed by atoms with Crippen LogP contribution in [0.25, 0.3) is 11.3 Å². The highest BCUT2D eigenvalue weighted by Gasteiger charge is 2.58. The lowest BCUT2D eigenvalue weighted by molar-refractivity contribution is -0.274. The van der Waals surface area contributed by atoms with E-state index in [2.05, 4.69) is 15.0 Å². The zero-order valence-corrected chi connectivity index (χ0v) is 27.3. The number of ether oxygens (including phenoxy) is 1. The molecule has 2 aromatic heterocycles. The predicted octanol–water partition coefficient (Wildman–Crippen LogP) is 8.30. The summed E-state index contributed by atoms with van der Waals surface area (Å²) in [5, 5.41) is 2.82. The number of carbonyl (C=O) groups is 1. The summed E-state index contributed by atoms with van der Waals surface area (Å²) in [4.78, 5) is 17.4. The lowest BCUT2D eigenvalue weighted by Gasteiger charge is -2.28. The minimum absolute atomic E-state index is 0.0823. The second kappa shape index (κ2) is 16.8. The van der Waals surface area contributed by atoms with E-state index < -0.39 is 27.8 Å². The fraction of sp³-hybridized carbons (Fsp3) is 0.448. The Labute approximate surface area is 256 Å². The van der Waals surface area contributed by atoms with Crippen LogP contribution < -0.4 is 10.1 Å². The number of likely N-dealkylation sites (N-methyl/N-ethyl adjacent to an activating group) is 1. The Balaban J connectivity index is 0.00000138. The summed E-state index contributed by atoms with van der Waals surface area (Å²) >= 11 is 6.86. The number of aromatic nitrogens is 1. The van der Waals surface area contributed by atoms with Crippen LogP contribution in [0, 0.1) is 0 Å². The Hall–Kier alpha value is -2.67. The second-order valence-corrected chi connectivity index (χ2v) is 11.9. The van der Waals surface area contributed by atoms with Crippen molar-refractivity contribution in [2.45, 2.75) is 84.0 Å². The first kappa shape index (κ1) is 37.4. The molecule has 13 heteroatoms. The van der Waals surface area contributed by atoms with Gasteiger partial charge in [0.25, 0.3) is 10.0 Å². The van der Waals surface area contributed by atoms with E-state index in [1.54, 1.807) is 19.1 Å². The van der Waals surface area contributed by atoms with Crippen molar-refractivity contribution in [3.63, 3.8) is 0 Å². The van der Waals surface area contributed by atoms with Crippen LogP contribution in [0.15, 0.2) is 58.9 Å². The number of amides is 1. The first-order chi connectivity index (χ1) is 19.9. The third kappa shape index (κ3) is 9.68. The van der Waals surface area contributed by atoms with E-state index in [0.717, 1.165) is 11.3 Å². The van der Waals surface area contributed by atoms with E-state index in [-0.39, 0.29) is 23.0 Å². The zero-order chi connectivity index (χ0) is 32.1. The molecule has 3 aromatic rings. The molecule has 1 aliphatic rings. The number of rotatable bonds is 9. The van der Waals surface area contributed by atoms with Gasteiger partial charge in [-0.2, -0.15) is 4.31 Å². The van der Waals surface area contributed by atoms with Crippen molar-refractivity contribution in [2.24, 2.45) is 0 Å². The number of nitrogens with zero attached hydrogens (tertiary/aromatic N) is 2. The standard InChI is InChI=1S/C23H21ClF3N3O4S2.3C2H6/c1-2-30(36(32,33)20-8-7-19(24)35-20)22(10-11-22)21(31)29-14-15-9-12-28-18(13-15)16-3-5-17(6-4-16)34-23(25,26)27;3*1-2/h3-9,12-13H,2,10-11,14H2,1H3,(H,29,31);3*1-2H3. The highest BCUT2D eigenvalue weighted by atomic mass is 35.5.